The Labute approximate surface area is 174 Å². The molecular weight excluding hydrogens is 382 g/mol. The molecule has 2 aromatic carbocycles. The number of amides is 1. The van der Waals surface area contributed by atoms with Gasteiger partial charge < -0.3 is 19.5 Å². The highest BCUT2D eigenvalue weighted by molar-refractivity contribution is 6.13. The second kappa shape index (κ2) is 6.62. The van der Waals surface area contributed by atoms with Gasteiger partial charge in [-0.15, -0.1) is 0 Å². The smallest absolute Gasteiger partial charge is 0.236 e. The summed E-state index contributed by atoms with van der Waals surface area (Å²) < 4.78 is 16.3. The van der Waals surface area contributed by atoms with Crippen molar-refractivity contribution in [3.63, 3.8) is 0 Å². The average molecular weight is 405 g/mol. The first-order valence-electron chi connectivity index (χ1n) is 9.99. The second-order valence-corrected chi connectivity index (χ2v) is 8.02. The van der Waals surface area contributed by atoms with E-state index in [4.69, 9.17) is 14.2 Å². The van der Waals surface area contributed by atoms with E-state index in [-0.39, 0.29) is 23.5 Å². The number of ether oxygens (including phenoxy) is 3. The van der Waals surface area contributed by atoms with Gasteiger partial charge in [0.1, 0.15) is 0 Å². The summed E-state index contributed by atoms with van der Waals surface area (Å²) >= 11 is 0. The highest BCUT2D eigenvalue weighted by atomic mass is 16.5. The molecule has 6 nitrogen and oxygen atoms in total. The van der Waals surface area contributed by atoms with Crippen molar-refractivity contribution >= 4 is 17.4 Å². The van der Waals surface area contributed by atoms with Crippen molar-refractivity contribution in [2.45, 2.75) is 11.8 Å². The number of fused-ring (bicyclic) bond motifs is 5. The molecule has 1 N–H and O–H groups in total. The molecule has 1 amide bonds. The lowest BCUT2D eigenvalue weighted by molar-refractivity contribution is -0.122. The van der Waals surface area contributed by atoms with Crippen LogP contribution < -0.4 is 19.5 Å². The van der Waals surface area contributed by atoms with E-state index < -0.39 is 11.3 Å². The minimum absolute atomic E-state index is 0.00198. The number of hydrogen-bond donors (Lipinski definition) is 1. The van der Waals surface area contributed by atoms with Crippen LogP contribution in [0.3, 0.4) is 0 Å². The third kappa shape index (κ3) is 2.24. The molecule has 4 atom stereocenters. The quantitative estimate of drug-likeness (QED) is 0.608. The Morgan fingerprint density at radius 1 is 1.03 bits per heavy atom. The average Bonchev–Trinajstić information content (AvgIpc) is 3.45. The maximum Gasteiger partial charge on any atom is 0.236 e. The number of hydrogen-bond acceptors (Lipinski definition) is 5. The highest BCUT2D eigenvalue weighted by Gasteiger charge is 2.66. The van der Waals surface area contributed by atoms with E-state index in [0.29, 0.717) is 22.8 Å². The molecule has 6 heteroatoms. The standard InChI is InChI=1S/C24H23NO5/c1-28-18-11-14(12-19(29-2)22(18)30-3)21(26)20-13-8-9-15(10-13)24(20)16-6-4-5-7-17(16)25-23(24)27/h4-9,11-13,15,20H,10H2,1-3H3,(H,25,27). The van der Waals surface area contributed by atoms with Crippen molar-refractivity contribution in [1.82, 2.24) is 0 Å². The van der Waals surface area contributed by atoms with Crippen LogP contribution in [0.5, 0.6) is 17.2 Å². The minimum atomic E-state index is -0.881. The lowest BCUT2D eigenvalue weighted by Gasteiger charge is -2.36. The molecule has 1 spiro atoms. The molecule has 2 aromatic rings. The lowest BCUT2D eigenvalue weighted by Crippen LogP contribution is -2.48. The number of carbonyl (C=O) groups excluding carboxylic acids is 2. The molecular formula is C24H23NO5. The number of rotatable bonds is 5. The Hall–Kier alpha value is -3.28. The van der Waals surface area contributed by atoms with Gasteiger partial charge >= 0.3 is 0 Å². The van der Waals surface area contributed by atoms with E-state index in [2.05, 4.69) is 17.5 Å². The van der Waals surface area contributed by atoms with E-state index in [1.54, 1.807) is 12.1 Å². The van der Waals surface area contributed by atoms with Crippen molar-refractivity contribution < 1.29 is 23.8 Å². The third-order valence-corrected chi connectivity index (χ3v) is 6.85. The first kappa shape index (κ1) is 18.7. The summed E-state index contributed by atoms with van der Waals surface area (Å²) in [5.41, 5.74) is 1.28. The van der Waals surface area contributed by atoms with Crippen LogP contribution in [-0.4, -0.2) is 33.0 Å². The number of benzene rings is 2. The van der Waals surface area contributed by atoms with Crippen LogP contribution in [0.15, 0.2) is 48.6 Å². The van der Waals surface area contributed by atoms with Crippen LogP contribution in [0.1, 0.15) is 22.3 Å². The van der Waals surface area contributed by atoms with Gasteiger partial charge in [-0.2, -0.15) is 0 Å². The SMILES string of the molecule is COc1cc(C(=O)C2C3C=CC(C3)C23C(=O)Nc2ccccc23)cc(OC)c1OC. The number of nitrogens with one attached hydrogen (secondary N) is 1. The van der Waals surface area contributed by atoms with Crippen LogP contribution >= 0.6 is 0 Å². The van der Waals surface area contributed by atoms with E-state index in [1.807, 2.05) is 24.3 Å². The summed E-state index contributed by atoms with van der Waals surface area (Å²) in [6.07, 6.45) is 4.98. The molecule has 154 valence electrons. The number of allylic oxidation sites excluding steroid dienone is 2. The second-order valence-electron chi connectivity index (χ2n) is 8.02. The summed E-state index contributed by atoms with van der Waals surface area (Å²) in [6, 6.07) is 11.0. The zero-order valence-electron chi connectivity index (χ0n) is 17.1. The van der Waals surface area contributed by atoms with Gasteiger partial charge in [0.25, 0.3) is 0 Å². The lowest BCUT2D eigenvalue weighted by atomic mass is 9.63. The minimum Gasteiger partial charge on any atom is -0.493 e. The molecule has 1 fully saturated rings. The van der Waals surface area contributed by atoms with Crippen molar-refractivity contribution in [2.24, 2.45) is 17.8 Å². The first-order chi connectivity index (χ1) is 14.6. The Morgan fingerprint density at radius 3 is 2.40 bits per heavy atom. The van der Waals surface area contributed by atoms with Gasteiger partial charge in [0, 0.05) is 17.2 Å². The molecule has 0 radical (unpaired) electrons. The summed E-state index contributed by atoms with van der Waals surface area (Å²) in [4.78, 5) is 27.3. The third-order valence-electron chi connectivity index (χ3n) is 6.85. The number of Topliss-reactive ketones (excluding diaryl/α,β-unsaturated/α-hetero) is 1. The van der Waals surface area contributed by atoms with Crippen LogP contribution in [0.25, 0.3) is 0 Å². The number of anilines is 1. The van der Waals surface area contributed by atoms with Crippen molar-refractivity contribution in [3.05, 3.63) is 59.7 Å². The molecule has 3 aliphatic rings. The summed E-state index contributed by atoms with van der Waals surface area (Å²) in [6.45, 7) is 0. The predicted octanol–water partition coefficient (Wildman–Crippen LogP) is 3.61. The Morgan fingerprint density at radius 2 is 1.73 bits per heavy atom. The van der Waals surface area contributed by atoms with Gasteiger partial charge in [-0.1, -0.05) is 30.4 Å². The highest BCUT2D eigenvalue weighted by Crippen LogP contribution is 2.62. The molecule has 1 saturated carbocycles. The fourth-order valence-corrected chi connectivity index (χ4v) is 5.66. The zero-order chi connectivity index (χ0) is 21.0. The molecule has 5 rings (SSSR count). The molecule has 2 aliphatic carbocycles. The van der Waals surface area contributed by atoms with Crippen LogP contribution in [0.4, 0.5) is 5.69 Å². The molecule has 0 aromatic heterocycles. The van der Waals surface area contributed by atoms with Gasteiger partial charge in [-0.25, -0.2) is 0 Å². The van der Waals surface area contributed by atoms with E-state index in [0.717, 1.165) is 17.7 Å². The van der Waals surface area contributed by atoms with E-state index >= 15 is 0 Å². The predicted molar refractivity (Wildman–Crippen MR) is 111 cm³/mol. The topological polar surface area (TPSA) is 73.9 Å². The van der Waals surface area contributed by atoms with Gasteiger partial charge in [-0.05, 0) is 42.0 Å². The maximum atomic E-state index is 13.9. The van der Waals surface area contributed by atoms with Crippen LogP contribution in [-0.2, 0) is 10.2 Å². The van der Waals surface area contributed by atoms with Gasteiger partial charge in [-0.3, -0.25) is 9.59 Å². The Kier molecular flexibility index (Phi) is 4.13. The largest absolute Gasteiger partial charge is 0.493 e. The molecule has 2 bridgehead atoms. The Bertz CT molecular complexity index is 1070. The molecule has 30 heavy (non-hydrogen) atoms. The number of para-hydroxylation sites is 1. The molecule has 1 heterocycles. The molecule has 1 aliphatic heterocycles. The molecule has 0 saturated heterocycles. The Balaban J connectivity index is 1.66. The normalized spacial score (nSPS) is 27.8. The summed E-state index contributed by atoms with van der Waals surface area (Å²) in [5, 5.41) is 3.02. The molecule has 4 unspecified atom stereocenters. The van der Waals surface area contributed by atoms with Crippen molar-refractivity contribution in [2.75, 3.05) is 26.6 Å². The fraction of sp³-hybridized carbons (Fsp3) is 0.333. The van der Waals surface area contributed by atoms with E-state index in [9.17, 15) is 9.59 Å². The van der Waals surface area contributed by atoms with Crippen molar-refractivity contribution in [1.29, 1.82) is 0 Å². The fourth-order valence-electron chi connectivity index (χ4n) is 5.66. The van der Waals surface area contributed by atoms with E-state index in [1.165, 1.54) is 21.3 Å². The van der Waals surface area contributed by atoms with Crippen LogP contribution in [0, 0.1) is 17.8 Å². The van der Waals surface area contributed by atoms with Crippen LogP contribution in [0.2, 0.25) is 0 Å². The summed E-state index contributed by atoms with van der Waals surface area (Å²) in [7, 11) is 4.57. The number of ketones is 1. The summed E-state index contributed by atoms with van der Waals surface area (Å²) in [5.74, 6) is 0.625. The monoisotopic (exact) mass is 405 g/mol. The zero-order valence-corrected chi connectivity index (χ0v) is 17.1. The number of carbonyl (C=O) groups is 2. The van der Waals surface area contributed by atoms with Gasteiger partial charge in [0.15, 0.2) is 17.3 Å². The first-order valence-corrected chi connectivity index (χ1v) is 9.99. The van der Waals surface area contributed by atoms with Gasteiger partial charge in [0.2, 0.25) is 11.7 Å². The van der Waals surface area contributed by atoms with Gasteiger partial charge in [0.05, 0.1) is 26.7 Å². The van der Waals surface area contributed by atoms with Crippen molar-refractivity contribution in [3.8, 4) is 17.2 Å². The number of methoxy groups -OCH3 is 3. The maximum absolute atomic E-state index is 13.9.